The fraction of sp³-hybridized carbons (Fsp3) is 0.526. The van der Waals surface area contributed by atoms with E-state index in [0.717, 1.165) is 62.2 Å². The highest BCUT2D eigenvalue weighted by molar-refractivity contribution is 14.0. The number of halogens is 1. The molecule has 0 radical (unpaired) electrons. The fourth-order valence-corrected chi connectivity index (χ4v) is 3.41. The second-order valence-electron chi connectivity index (χ2n) is 6.54. The number of hydrogen-bond donors (Lipinski definition) is 2. The highest BCUT2D eigenvalue weighted by Crippen LogP contribution is 2.30. The minimum atomic E-state index is 0. The lowest BCUT2D eigenvalue weighted by molar-refractivity contribution is 0.415. The van der Waals surface area contributed by atoms with Gasteiger partial charge in [-0.25, -0.2) is 0 Å². The Bertz CT molecular complexity index is 764. The van der Waals surface area contributed by atoms with Gasteiger partial charge in [0.2, 0.25) is 0 Å². The summed E-state index contributed by atoms with van der Waals surface area (Å²) in [6, 6.07) is 8.52. The topological polar surface area (TPSA) is 79.6 Å². The van der Waals surface area contributed by atoms with E-state index in [1.807, 2.05) is 12.1 Å². The number of anilines is 1. The van der Waals surface area contributed by atoms with E-state index in [-0.39, 0.29) is 24.0 Å². The van der Waals surface area contributed by atoms with Crippen LogP contribution in [0.25, 0.3) is 0 Å². The van der Waals surface area contributed by atoms with Crippen molar-refractivity contribution >= 4 is 35.6 Å². The third-order valence-corrected chi connectivity index (χ3v) is 4.84. The van der Waals surface area contributed by atoms with Crippen LogP contribution in [0.2, 0.25) is 0 Å². The molecule has 1 saturated heterocycles. The summed E-state index contributed by atoms with van der Waals surface area (Å²) < 4.78 is 7.56. The van der Waals surface area contributed by atoms with E-state index in [9.17, 15) is 0 Å². The average Bonchev–Trinajstić information content (AvgIpc) is 3.36. The second-order valence-corrected chi connectivity index (χ2v) is 6.54. The third kappa shape index (κ3) is 5.49. The number of nitrogens with one attached hydrogen (secondary N) is 2. The van der Waals surface area contributed by atoms with Gasteiger partial charge in [0.15, 0.2) is 5.96 Å². The van der Waals surface area contributed by atoms with Gasteiger partial charge in [-0.2, -0.15) is 0 Å². The van der Waals surface area contributed by atoms with Crippen molar-refractivity contribution < 1.29 is 4.74 Å². The van der Waals surface area contributed by atoms with Crippen molar-refractivity contribution in [2.24, 2.45) is 4.99 Å². The first kappa shape index (κ1) is 22.3. The predicted molar refractivity (Wildman–Crippen MR) is 123 cm³/mol. The molecule has 3 rings (SSSR count). The standard InChI is InChI=1S/C19H29N7O.HI/c1-4-18-24-22-14-26(18)12-10-21-19(20-2)23-15-9-11-25(13-15)16-7-5-6-8-17(16)27-3;/h5-8,14-15H,4,9-13H2,1-3H3,(H2,20,21,23);1H. The molecule has 1 aromatic carbocycles. The van der Waals surface area contributed by atoms with Crippen LogP contribution < -0.4 is 20.3 Å². The van der Waals surface area contributed by atoms with Crippen LogP contribution in [0.3, 0.4) is 0 Å². The Kier molecular flexibility index (Phi) is 8.81. The van der Waals surface area contributed by atoms with Crippen molar-refractivity contribution in [2.45, 2.75) is 32.4 Å². The van der Waals surface area contributed by atoms with Crippen LogP contribution in [-0.2, 0) is 13.0 Å². The van der Waals surface area contributed by atoms with Gasteiger partial charge in [-0.3, -0.25) is 4.99 Å². The van der Waals surface area contributed by atoms with Gasteiger partial charge >= 0.3 is 0 Å². The Morgan fingerprint density at radius 3 is 2.93 bits per heavy atom. The van der Waals surface area contributed by atoms with E-state index in [0.29, 0.717) is 6.04 Å². The van der Waals surface area contributed by atoms with E-state index in [1.54, 1.807) is 20.5 Å². The minimum Gasteiger partial charge on any atom is -0.495 e. The summed E-state index contributed by atoms with van der Waals surface area (Å²) in [6.07, 6.45) is 3.72. The van der Waals surface area contributed by atoms with Crippen molar-refractivity contribution in [3.8, 4) is 5.75 Å². The van der Waals surface area contributed by atoms with Crippen LogP contribution in [0.5, 0.6) is 5.75 Å². The quantitative estimate of drug-likeness (QED) is 0.345. The molecule has 9 heteroatoms. The molecule has 0 aliphatic carbocycles. The SMILES string of the molecule is CCc1nncn1CCNC(=NC)NC1CCN(c2ccccc2OC)C1.I. The van der Waals surface area contributed by atoms with E-state index in [2.05, 4.69) is 54.3 Å². The lowest BCUT2D eigenvalue weighted by Crippen LogP contribution is -2.45. The number of aromatic nitrogens is 3. The molecule has 2 heterocycles. The molecule has 28 heavy (non-hydrogen) atoms. The Hall–Kier alpha value is -2.04. The first-order valence-corrected chi connectivity index (χ1v) is 9.47. The molecule has 0 amide bonds. The van der Waals surface area contributed by atoms with Crippen molar-refractivity contribution in [1.82, 2.24) is 25.4 Å². The summed E-state index contributed by atoms with van der Waals surface area (Å²) in [5.74, 6) is 2.75. The molecule has 1 atom stereocenters. The van der Waals surface area contributed by atoms with Gasteiger partial charge in [0, 0.05) is 45.7 Å². The molecule has 8 nitrogen and oxygen atoms in total. The van der Waals surface area contributed by atoms with Gasteiger partial charge in [-0.1, -0.05) is 19.1 Å². The summed E-state index contributed by atoms with van der Waals surface area (Å²) in [5, 5.41) is 15.0. The molecular weight excluding hydrogens is 469 g/mol. The summed E-state index contributed by atoms with van der Waals surface area (Å²) in [7, 11) is 3.52. The number of ether oxygens (including phenoxy) is 1. The highest BCUT2D eigenvalue weighted by Gasteiger charge is 2.25. The van der Waals surface area contributed by atoms with E-state index < -0.39 is 0 Å². The van der Waals surface area contributed by atoms with E-state index in [1.165, 1.54) is 0 Å². The molecule has 1 aliphatic heterocycles. The summed E-state index contributed by atoms with van der Waals surface area (Å²) in [6.45, 7) is 5.59. The van der Waals surface area contributed by atoms with Crippen LogP contribution >= 0.6 is 24.0 Å². The largest absolute Gasteiger partial charge is 0.495 e. The molecule has 0 saturated carbocycles. The number of guanidine groups is 1. The maximum absolute atomic E-state index is 5.49. The number of rotatable bonds is 7. The molecule has 0 spiro atoms. The van der Waals surface area contributed by atoms with Gasteiger partial charge in [-0.05, 0) is 18.6 Å². The first-order chi connectivity index (χ1) is 13.2. The zero-order chi connectivity index (χ0) is 19.1. The Morgan fingerprint density at radius 2 is 2.18 bits per heavy atom. The van der Waals surface area contributed by atoms with Crippen LogP contribution in [0.15, 0.2) is 35.6 Å². The lowest BCUT2D eigenvalue weighted by Gasteiger charge is -2.22. The molecule has 1 aliphatic rings. The van der Waals surface area contributed by atoms with Gasteiger partial charge in [-0.15, -0.1) is 34.2 Å². The molecule has 2 N–H and O–H groups in total. The molecule has 2 aromatic rings. The molecule has 1 fully saturated rings. The van der Waals surface area contributed by atoms with E-state index >= 15 is 0 Å². The Labute approximate surface area is 183 Å². The van der Waals surface area contributed by atoms with Crippen LogP contribution in [0.1, 0.15) is 19.2 Å². The summed E-state index contributed by atoms with van der Waals surface area (Å²) in [5.41, 5.74) is 1.15. The van der Waals surface area contributed by atoms with Gasteiger partial charge < -0.3 is 24.8 Å². The van der Waals surface area contributed by atoms with Gasteiger partial charge in [0.25, 0.3) is 0 Å². The number of para-hydroxylation sites is 2. The first-order valence-electron chi connectivity index (χ1n) is 9.47. The number of nitrogens with zero attached hydrogens (tertiary/aromatic N) is 5. The van der Waals surface area contributed by atoms with Gasteiger partial charge in [0.05, 0.1) is 12.8 Å². The number of benzene rings is 1. The van der Waals surface area contributed by atoms with Crippen LogP contribution in [0.4, 0.5) is 5.69 Å². The molecule has 1 aromatic heterocycles. The van der Waals surface area contributed by atoms with Gasteiger partial charge in [0.1, 0.15) is 17.9 Å². The molecular formula is C19H30IN7O. The maximum Gasteiger partial charge on any atom is 0.191 e. The van der Waals surface area contributed by atoms with E-state index in [4.69, 9.17) is 4.74 Å². The van der Waals surface area contributed by atoms with Crippen molar-refractivity contribution in [3.05, 3.63) is 36.4 Å². The van der Waals surface area contributed by atoms with Crippen molar-refractivity contribution in [2.75, 3.05) is 38.7 Å². The van der Waals surface area contributed by atoms with Crippen molar-refractivity contribution in [3.63, 3.8) is 0 Å². The number of aliphatic imine (C=N–C) groups is 1. The minimum absolute atomic E-state index is 0. The van der Waals surface area contributed by atoms with Crippen LogP contribution in [-0.4, -0.2) is 60.6 Å². The lowest BCUT2D eigenvalue weighted by atomic mass is 10.2. The molecule has 1 unspecified atom stereocenters. The molecule has 0 bridgehead atoms. The number of methoxy groups -OCH3 is 1. The van der Waals surface area contributed by atoms with Crippen molar-refractivity contribution in [1.29, 1.82) is 0 Å². The third-order valence-electron chi connectivity index (χ3n) is 4.84. The monoisotopic (exact) mass is 499 g/mol. The maximum atomic E-state index is 5.49. The highest BCUT2D eigenvalue weighted by atomic mass is 127. The fourth-order valence-electron chi connectivity index (χ4n) is 3.41. The average molecular weight is 499 g/mol. The summed E-state index contributed by atoms with van der Waals surface area (Å²) >= 11 is 0. The van der Waals surface area contributed by atoms with Crippen LogP contribution in [0, 0.1) is 0 Å². The zero-order valence-corrected chi connectivity index (χ0v) is 19.1. The molecule has 154 valence electrons. The number of aryl methyl sites for hydroxylation is 1. The summed E-state index contributed by atoms with van der Waals surface area (Å²) in [4.78, 5) is 6.71. The Morgan fingerprint density at radius 1 is 1.36 bits per heavy atom. The Balaban J connectivity index is 0.00000280. The predicted octanol–water partition coefficient (Wildman–Crippen LogP) is 1.91. The zero-order valence-electron chi connectivity index (χ0n) is 16.8. The number of hydrogen-bond acceptors (Lipinski definition) is 5. The normalized spacial score (nSPS) is 16.6. The second kappa shape index (κ2) is 11.1. The smallest absolute Gasteiger partial charge is 0.191 e.